The Bertz CT molecular complexity index is 722. The van der Waals surface area contributed by atoms with Crippen molar-refractivity contribution in [1.29, 1.82) is 0 Å². The van der Waals surface area contributed by atoms with Gasteiger partial charge in [0.25, 0.3) is 5.91 Å². The summed E-state index contributed by atoms with van der Waals surface area (Å²) in [4.78, 5) is 28.1. The zero-order valence-corrected chi connectivity index (χ0v) is 15.7. The summed E-state index contributed by atoms with van der Waals surface area (Å²) in [5.74, 6) is -0.0542. The average Bonchev–Trinajstić information content (AvgIpc) is 3.15. The van der Waals surface area contributed by atoms with Gasteiger partial charge < -0.3 is 16.0 Å². The number of carbonyl (C=O) groups is 2. The van der Waals surface area contributed by atoms with Gasteiger partial charge in [0, 0.05) is 36.7 Å². The number of halogens is 2. The lowest BCUT2D eigenvalue weighted by molar-refractivity contribution is -0.124. The van der Waals surface area contributed by atoms with E-state index in [4.69, 9.17) is 0 Å². The van der Waals surface area contributed by atoms with E-state index in [0.717, 1.165) is 25.1 Å². The van der Waals surface area contributed by atoms with Gasteiger partial charge in [0.1, 0.15) is 0 Å². The van der Waals surface area contributed by atoms with Gasteiger partial charge in [-0.1, -0.05) is 12.1 Å². The Morgan fingerprint density at radius 1 is 1.15 bits per heavy atom. The molecule has 0 radical (unpaired) electrons. The molecule has 1 unspecified atom stereocenters. The minimum absolute atomic E-state index is 0. The number of pyridine rings is 1. The molecule has 3 N–H and O–H groups in total. The van der Waals surface area contributed by atoms with Crippen molar-refractivity contribution in [1.82, 2.24) is 15.6 Å². The maximum absolute atomic E-state index is 12.1. The van der Waals surface area contributed by atoms with E-state index in [2.05, 4.69) is 20.9 Å². The van der Waals surface area contributed by atoms with Gasteiger partial charge in [-0.05, 0) is 42.8 Å². The summed E-state index contributed by atoms with van der Waals surface area (Å²) in [7, 11) is 0. The lowest BCUT2D eigenvalue weighted by atomic mass is 10.1. The van der Waals surface area contributed by atoms with Crippen molar-refractivity contribution in [3.63, 3.8) is 0 Å². The number of hydrogen-bond acceptors (Lipinski definition) is 4. The fourth-order valence-corrected chi connectivity index (χ4v) is 2.68. The fourth-order valence-electron chi connectivity index (χ4n) is 2.68. The van der Waals surface area contributed by atoms with Crippen LogP contribution in [0.4, 0.5) is 5.69 Å². The average molecular weight is 397 g/mol. The lowest BCUT2D eigenvalue weighted by Gasteiger charge is -2.11. The van der Waals surface area contributed by atoms with Crippen LogP contribution in [0.15, 0.2) is 48.8 Å². The molecule has 1 aromatic carbocycles. The molecular formula is C18H22Cl2N4O2. The molecule has 0 saturated carbocycles. The van der Waals surface area contributed by atoms with Crippen LogP contribution in [0, 0.1) is 5.92 Å². The van der Waals surface area contributed by atoms with E-state index < -0.39 is 0 Å². The smallest absolute Gasteiger partial charge is 0.255 e. The molecule has 1 fully saturated rings. The summed E-state index contributed by atoms with van der Waals surface area (Å²) in [6, 6.07) is 10.8. The van der Waals surface area contributed by atoms with Gasteiger partial charge in [-0.25, -0.2) is 0 Å². The first-order valence-electron chi connectivity index (χ1n) is 8.01. The van der Waals surface area contributed by atoms with Crippen LogP contribution in [-0.2, 0) is 11.3 Å². The molecule has 26 heavy (non-hydrogen) atoms. The van der Waals surface area contributed by atoms with Crippen molar-refractivity contribution in [3.05, 3.63) is 59.9 Å². The molecule has 1 saturated heterocycles. The number of aromatic nitrogens is 1. The molecule has 2 aromatic rings. The predicted octanol–water partition coefficient (Wildman–Crippen LogP) is 2.40. The Morgan fingerprint density at radius 3 is 2.62 bits per heavy atom. The predicted molar refractivity (Wildman–Crippen MR) is 106 cm³/mol. The zero-order valence-electron chi connectivity index (χ0n) is 14.1. The Kier molecular flexibility index (Phi) is 9.05. The second-order valence-electron chi connectivity index (χ2n) is 5.80. The highest BCUT2D eigenvalue weighted by atomic mass is 35.5. The van der Waals surface area contributed by atoms with Crippen LogP contribution in [0.5, 0.6) is 0 Å². The third kappa shape index (κ3) is 5.98. The van der Waals surface area contributed by atoms with Gasteiger partial charge in [0.2, 0.25) is 5.91 Å². The monoisotopic (exact) mass is 396 g/mol. The molecular weight excluding hydrogens is 375 g/mol. The molecule has 140 valence electrons. The second-order valence-corrected chi connectivity index (χ2v) is 5.80. The Balaban J connectivity index is 0.00000169. The third-order valence-electron chi connectivity index (χ3n) is 4.03. The summed E-state index contributed by atoms with van der Waals surface area (Å²) in [5.41, 5.74) is 2.20. The summed E-state index contributed by atoms with van der Waals surface area (Å²) in [6.07, 6.45) is 4.05. The van der Waals surface area contributed by atoms with Crippen molar-refractivity contribution in [2.24, 2.45) is 5.92 Å². The number of benzene rings is 1. The van der Waals surface area contributed by atoms with Crippen molar-refractivity contribution < 1.29 is 9.59 Å². The molecule has 1 aliphatic rings. The van der Waals surface area contributed by atoms with Crippen LogP contribution in [0.2, 0.25) is 0 Å². The number of amides is 2. The maximum atomic E-state index is 12.1. The van der Waals surface area contributed by atoms with Crippen LogP contribution in [0.1, 0.15) is 22.3 Å². The van der Waals surface area contributed by atoms with E-state index >= 15 is 0 Å². The highest BCUT2D eigenvalue weighted by Gasteiger charge is 2.21. The van der Waals surface area contributed by atoms with Gasteiger partial charge in [-0.2, -0.15) is 0 Å². The molecule has 1 aromatic heterocycles. The Morgan fingerprint density at radius 2 is 1.92 bits per heavy atom. The highest BCUT2D eigenvalue weighted by Crippen LogP contribution is 2.13. The lowest BCUT2D eigenvalue weighted by Crippen LogP contribution is -2.31. The van der Waals surface area contributed by atoms with Crippen LogP contribution >= 0.6 is 24.8 Å². The van der Waals surface area contributed by atoms with Crippen molar-refractivity contribution in [2.45, 2.75) is 13.0 Å². The standard InChI is InChI=1S/C18H20N4O2.2ClH/c23-17(15-6-9-20-12-15)21-11-13-2-1-3-16(10-13)22-18(24)14-4-7-19-8-5-14;;/h1-5,7-8,10,15,20H,6,9,11-12H2,(H,21,23)(H,22,24);2*1H. The summed E-state index contributed by atoms with van der Waals surface area (Å²) >= 11 is 0. The molecule has 0 aliphatic carbocycles. The van der Waals surface area contributed by atoms with Gasteiger partial charge in [0.15, 0.2) is 0 Å². The SMILES string of the molecule is Cl.Cl.O=C(Nc1cccc(CNC(=O)C2CCNC2)c1)c1ccncc1. The zero-order chi connectivity index (χ0) is 16.8. The quantitative estimate of drug-likeness (QED) is 0.724. The van der Waals surface area contributed by atoms with Crippen LogP contribution in [0.25, 0.3) is 0 Å². The van der Waals surface area contributed by atoms with E-state index in [0.29, 0.717) is 17.8 Å². The van der Waals surface area contributed by atoms with Gasteiger partial charge in [-0.15, -0.1) is 24.8 Å². The fraction of sp³-hybridized carbons (Fsp3) is 0.278. The molecule has 1 aliphatic heterocycles. The topological polar surface area (TPSA) is 83.1 Å². The van der Waals surface area contributed by atoms with Gasteiger partial charge in [0.05, 0.1) is 5.92 Å². The molecule has 2 heterocycles. The molecule has 0 bridgehead atoms. The van der Waals surface area contributed by atoms with Crippen molar-refractivity contribution in [3.8, 4) is 0 Å². The molecule has 8 heteroatoms. The number of nitrogens with zero attached hydrogens (tertiary/aromatic N) is 1. The van der Waals surface area contributed by atoms with Crippen LogP contribution < -0.4 is 16.0 Å². The maximum Gasteiger partial charge on any atom is 0.255 e. The number of carbonyl (C=O) groups excluding carboxylic acids is 2. The van der Waals surface area contributed by atoms with E-state index in [-0.39, 0.29) is 42.5 Å². The largest absolute Gasteiger partial charge is 0.352 e. The molecule has 6 nitrogen and oxygen atoms in total. The molecule has 0 spiro atoms. The number of nitrogens with one attached hydrogen (secondary N) is 3. The first kappa shape index (κ1) is 21.9. The number of hydrogen-bond donors (Lipinski definition) is 3. The van der Waals surface area contributed by atoms with E-state index in [1.807, 2.05) is 24.3 Å². The normalized spacial score (nSPS) is 15.3. The second kappa shape index (κ2) is 10.8. The molecule has 1 atom stereocenters. The summed E-state index contributed by atoms with van der Waals surface area (Å²) < 4.78 is 0. The van der Waals surface area contributed by atoms with E-state index in [1.165, 1.54) is 0 Å². The molecule has 2 amide bonds. The van der Waals surface area contributed by atoms with Gasteiger partial charge in [-0.3, -0.25) is 14.6 Å². The first-order valence-corrected chi connectivity index (χ1v) is 8.01. The Hall–Kier alpha value is -2.15. The minimum atomic E-state index is -0.185. The van der Waals surface area contributed by atoms with Crippen molar-refractivity contribution >= 4 is 42.3 Å². The van der Waals surface area contributed by atoms with Crippen molar-refractivity contribution in [2.75, 3.05) is 18.4 Å². The minimum Gasteiger partial charge on any atom is -0.352 e. The number of rotatable bonds is 5. The molecule has 3 rings (SSSR count). The highest BCUT2D eigenvalue weighted by molar-refractivity contribution is 6.04. The number of anilines is 1. The van der Waals surface area contributed by atoms with Crippen LogP contribution in [0.3, 0.4) is 0 Å². The summed E-state index contributed by atoms with van der Waals surface area (Å²) in [5, 5.41) is 8.99. The van der Waals surface area contributed by atoms with Gasteiger partial charge >= 0.3 is 0 Å². The first-order chi connectivity index (χ1) is 11.7. The summed E-state index contributed by atoms with van der Waals surface area (Å²) in [6.45, 7) is 2.09. The third-order valence-corrected chi connectivity index (χ3v) is 4.03. The Labute approximate surface area is 165 Å². The van der Waals surface area contributed by atoms with E-state index in [1.54, 1.807) is 24.5 Å². The van der Waals surface area contributed by atoms with Crippen LogP contribution in [-0.4, -0.2) is 29.9 Å². The van der Waals surface area contributed by atoms with E-state index in [9.17, 15) is 9.59 Å².